The van der Waals surface area contributed by atoms with Gasteiger partial charge in [0.1, 0.15) is 12.4 Å². The average molecular weight is 511 g/mol. The molecule has 2 heterocycles. The number of carbonyl (C=O) groups is 4. The highest BCUT2D eigenvalue weighted by molar-refractivity contribution is 6.10. The number of rotatable bonds is 7. The number of para-hydroxylation sites is 1. The van der Waals surface area contributed by atoms with Gasteiger partial charge in [0.15, 0.2) is 0 Å². The SMILES string of the molecule is CC(C)CN1C[C@@H](OCc2cccc(F)c2)CN(C(=O)c2ccccc2N2CCC(=O)NC2=O)CC1=O. The Morgan fingerprint density at radius 2 is 1.89 bits per heavy atom. The quantitative estimate of drug-likeness (QED) is 0.618. The molecule has 0 aromatic heterocycles. The van der Waals surface area contributed by atoms with Gasteiger partial charge in [-0.3, -0.25) is 24.6 Å². The number of amides is 5. The van der Waals surface area contributed by atoms with Crippen LogP contribution in [-0.4, -0.2) is 72.4 Å². The molecule has 2 aliphatic rings. The second kappa shape index (κ2) is 11.5. The third-order valence-electron chi connectivity index (χ3n) is 6.25. The van der Waals surface area contributed by atoms with Gasteiger partial charge in [-0.05, 0) is 35.7 Å². The summed E-state index contributed by atoms with van der Waals surface area (Å²) >= 11 is 0. The molecular weight excluding hydrogens is 479 g/mol. The largest absolute Gasteiger partial charge is 0.370 e. The predicted octanol–water partition coefficient (Wildman–Crippen LogP) is 2.80. The highest BCUT2D eigenvalue weighted by Crippen LogP contribution is 2.25. The second-order valence-electron chi connectivity index (χ2n) is 9.71. The van der Waals surface area contributed by atoms with Gasteiger partial charge in [-0.25, -0.2) is 9.18 Å². The summed E-state index contributed by atoms with van der Waals surface area (Å²) in [6.07, 6.45) is -0.378. The highest BCUT2D eigenvalue weighted by Gasteiger charge is 2.34. The van der Waals surface area contributed by atoms with Crippen LogP contribution >= 0.6 is 0 Å². The number of urea groups is 1. The normalized spacial score (nSPS) is 18.8. The van der Waals surface area contributed by atoms with Crippen molar-refractivity contribution in [2.24, 2.45) is 5.92 Å². The Hall–Kier alpha value is -3.79. The minimum Gasteiger partial charge on any atom is -0.370 e. The molecule has 0 bridgehead atoms. The molecule has 37 heavy (non-hydrogen) atoms. The van der Waals surface area contributed by atoms with Crippen molar-refractivity contribution >= 4 is 29.4 Å². The van der Waals surface area contributed by atoms with E-state index in [1.807, 2.05) is 13.8 Å². The van der Waals surface area contributed by atoms with Gasteiger partial charge in [0, 0.05) is 32.6 Å². The summed E-state index contributed by atoms with van der Waals surface area (Å²) in [5.74, 6) is -1.13. The Morgan fingerprint density at radius 3 is 2.62 bits per heavy atom. The Balaban J connectivity index is 1.58. The molecule has 196 valence electrons. The number of carbonyl (C=O) groups excluding carboxylic acids is 4. The molecule has 2 aliphatic heterocycles. The van der Waals surface area contributed by atoms with Crippen LogP contribution in [0, 0.1) is 11.7 Å². The van der Waals surface area contributed by atoms with Crippen molar-refractivity contribution in [1.82, 2.24) is 15.1 Å². The zero-order valence-corrected chi connectivity index (χ0v) is 21.0. The number of imide groups is 1. The van der Waals surface area contributed by atoms with Crippen molar-refractivity contribution in [2.45, 2.75) is 33.0 Å². The summed E-state index contributed by atoms with van der Waals surface area (Å²) in [6, 6.07) is 12.2. The lowest BCUT2D eigenvalue weighted by Gasteiger charge is -2.30. The van der Waals surface area contributed by atoms with E-state index in [2.05, 4.69) is 5.32 Å². The summed E-state index contributed by atoms with van der Waals surface area (Å²) in [6.45, 7) is 5.12. The molecule has 0 aliphatic carbocycles. The van der Waals surface area contributed by atoms with Crippen molar-refractivity contribution < 1.29 is 28.3 Å². The monoisotopic (exact) mass is 510 g/mol. The number of halogens is 1. The summed E-state index contributed by atoms with van der Waals surface area (Å²) in [5.41, 5.74) is 1.27. The van der Waals surface area contributed by atoms with Crippen molar-refractivity contribution in [2.75, 3.05) is 37.6 Å². The van der Waals surface area contributed by atoms with Crippen LogP contribution in [0.5, 0.6) is 0 Å². The lowest BCUT2D eigenvalue weighted by molar-refractivity contribution is -0.132. The van der Waals surface area contributed by atoms with E-state index in [0.29, 0.717) is 24.3 Å². The maximum Gasteiger partial charge on any atom is 0.328 e. The third kappa shape index (κ3) is 6.51. The molecule has 0 radical (unpaired) electrons. The van der Waals surface area contributed by atoms with Crippen molar-refractivity contribution in [1.29, 1.82) is 0 Å². The standard InChI is InChI=1S/C27H31FN4O5/c1-18(2)13-30-14-21(37-17-19-6-5-7-20(28)12-19)15-31(16-25(30)34)26(35)22-8-3-4-9-23(22)32-11-10-24(33)29-27(32)36/h3-9,12,18,21H,10-11,13-17H2,1-2H3,(H,29,33,36)/t21-/m1/s1. The van der Waals surface area contributed by atoms with Gasteiger partial charge in [-0.15, -0.1) is 0 Å². The van der Waals surface area contributed by atoms with Crippen molar-refractivity contribution in [3.63, 3.8) is 0 Å². The molecule has 1 atom stereocenters. The maximum atomic E-state index is 13.8. The maximum absolute atomic E-state index is 13.8. The molecule has 0 saturated carbocycles. The van der Waals surface area contributed by atoms with E-state index in [-0.39, 0.29) is 61.8 Å². The molecule has 4 rings (SSSR count). The molecule has 10 heteroatoms. The summed E-state index contributed by atoms with van der Waals surface area (Å²) < 4.78 is 19.7. The fraction of sp³-hybridized carbons (Fsp3) is 0.407. The first-order valence-electron chi connectivity index (χ1n) is 12.3. The van der Waals surface area contributed by atoms with Crippen molar-refractivity contribution in [3.8, 4) is 0 Å². The van der Waals surface area contributed by atoms with E-state index in [4.69, 9.17) is 4.74 Å². The Kier molecular flexibility index (Phi) is 8.17. The molecule has 0 unspecified atom stereocenters. The van der Waals surface area contributed by atoms with E-state index in [1.54, 1.807) is 41.3 Å². The Bertz CT molecular complexity index is 1190. The van der Waals surface area contributed by atoms with Gasteiger partial charge in [-0.1, -0.05) is 38.1 Å². The Labute approximate surface area is 215 Å². The molecule has 1 N–H and O–H groups in total. The molecule has 2 saturated heterocycles. The summed E-state index contributed by atoms with van der Waals surface area (Å²) in [5, 5.41) is 2.27. The fourth-order valence-electron chi connectivity index (χ4n) is 4.55. The number of benzene rings is 2. The second-order valence-corrected chi connectivity index (χ2v) is 9.71. The molecular formula is C27H31FN4O5. The highest BCUT2D eigenvalue weighted by atomic mass is 19.1. The molecule has 2 fully saturated rings. The van der Waals surface area contributed by atoms with Crippen LogP contribution < -0.4 is 10.2 Å². The molecule has 0 spiro atoms. The summed E-state index contributed by atoms with van der Waals surface area (Å²) in [4.78, 5) is 55.5. The number of ether oxygens (including phenoxy) is 1. The minimum atomic E-state index is -0.595. The van der Waals surface area contributed by atoms with Crippen LogP contribution in [0.2, 0.25) is 0 Å². The minimum absolute atomic E-state index is 0.122. The van der Waals surface area contributed by atoms with E-state index < -0.39 is 18.0 Å². The number of hydrogen-bond acceptors (Lipinski definition) is 5. The lowest BCUT2D eigenvalue weighted by atomic mass is 10.1. The van der Waals surface area contributed by atoms with Gasteiger partial charge < -0.3 is 14.5 Å². The Morgan fingerprint density at radius 1 is 1.11 bits per heavy atom. The average Bonchev–Trinajstić information content (AvgIpc) is 3.00. The zero-order valence-electron chi connectivity index (χ0n) is 21.0. The van der Waals surface area contributed by atoms with Gasteiger partial charge in [0.05, 0.1) is 24.0 Å². The molecule has 2 aromatic carbocycles. The van der Waals surface area contributed by atoms with Gasteiger partial charge in [0.2, 0.25) is 11.8 Å². The number of nitrogens with one attached hydrogen (secondary N) is 1. The topological polar surface area (TPSA) is 99.3 Å². The molecule has 5 amide bonds. The van der Waals surface area contributed by atoms with E-state index in [0.717, 1.165) is 0 Å². The van der Waals surface area contributed by atoms with Gasteiger partial charge >= 0.3 is 6.03 Å². The fourth-order valence-corrected chi connectivity index (χ4v) is 4.55. The third-order valence-corrected chi connectivity index (χ3v) is 6.25. The van der Waals surface area contributed by atoms with Gasteiger partial charge in [-0.2, -0.15) is 0 Å². The van der Waals surface area contributed by atoms with Crippen LogP contribution in [0.1, 0.15) is 36.2 Å². The number of hydrogen-bond donors (Lipinski definition) is 1. The molecule has 2 aromatic rings. The first-order chi connectivity index (χ1) is 17.7. The van der Waals surface area contributed by atoms with Crippen LogP contribution in [0.3, 0.4) is 0 Å². The van der Waals surface area contributed by atoms with E-state index >= 15 is 0 Å². The first-order valence-corrected chi connectivity index (χ1v) is 12.3. The van der Waals surface area contributed by atoms with E-state index in [1.165, 1.54) is 21.9 Å². The first kappa shape index (κ1) is 26.3. The predicted molar refractivity (Wildman–Crippen MR) is 134 cm³/mol. The zero-order chi connectivity index (χ0) is 26.5. The molecule has 9 nitrogen and oxygen atoms in total. The van der Waals surface area contributed by atoms with Gasteiger partial charge in [0.25, 0.3) is 5.91 Å². The van der Waals surface area contributed by atoms with Crippen LogP contribution in [0.15, 0.2) is 48.5 Å². The van der Waals surface area contributed by atoms with E-state index in [9.17, 15) is 23.6 Å². The summed E-state index contributed by atoms with van der Waals surface area (Å²) in [7, 11) is 0. The van der Waals surface area contributed by atoms with Crippen LogP contribution in [0.4, 0.5) is 14.9 Å². The number of anilines is 1. The number of nitrogens with zero attached hydrogens (tertiary/aromatic N) is 3. The lowest BCUT2D eigenvalue weighted by Crippen LogP contribution is -2.50. The van der Waals surface area contributed by atoms with Crippen LogP contribution in [0.25, 0.3) is 0 Å². The van der Waals surface area contributed by atoms with Crippen LogP contribution in [-0.2, 0) is 20.9 Å². The smallest absolute Gasteiger partial charge is 0.328 e. The van der Waals surface area contributed by atoms with Crippen molar-refractivity contribution in [3.05, 3.63) is 65.5 Å².